The summed E-state index contributed by atoms with van der Waals surface area (Å²) in [4.78, 5) is 23.9. The Morgan fingerprint density at radius 1 is 1.19 bits per heavy atom. The van der Waals surface area contributed by atoms with E-state index < -0.39 is 11.4 Å². The second-order valence-corrected chi connectivity index (χ2v) is 6.70. The predicted octanol–water partition coefficient (Wildman–Crippen LogP) is 4.99. The highest BCUT2D eigenvalue weighted by molar-refractivity contribution is 6.33. The summed E-state index contributed by atoms with van der Waals surface area (Å²) < 4.78 is 23.7. The van der Waals surface area contributed by atoms with Crippen LogP contribution in [0.15, 0.2) is 51.7 Å². The molecular formula is C21H18ClFO4. The molecule has 0 N–H and O–H groups in total. The molecule has 140 valence electrons. The normalized spacial score (nSPS) is 12.1. The third kappa shape index (κ3) is 4.19. The minimum atomic E-state index is -0.534. The fraction of sp³-hybridized carbons (Fsp3) is 0.238. The standard InChI is InChI=1S/C21H18ClFO4/c1-3-26-21(25)12(2)8-13-4-6-16-17(11-20(24)27-19(16)9-13)15-7-5-14(23)10-18(15)22/h4-7,9-12H,3,8H2,1-2H3. The molecular weight excluding hydrogens is 371 g/mol. The van der Waals surface area contributed by atoms with Gasteiger partial charge in [-0.25, -0.2) is 9.18 Å². The fourth-order valence-electron chi connectivity index (χ4n) is 2.99. The van der Waals surface area contributed by atoms with Gasteiger partial charge in [0.05, 0.1) is 17.5 Å². The van der Waals surface area contributed by atoms with E-state index >= 15 is 0 Å². The first kappa shape index (κ1) is 19.1. The second-order valence-electron chi connectivity index (χ2n) is 6.29. The van der Waals surface area contributed by atoms with Crippen LogP contribution in [-0.4, -0.2) is 12.6 Å². The maximum atomic E-state index is 13.3. The first-order valence-electron chi connectivity index (χ1n) is 8.58. The minimum absolute atomic E-state index is 0.210. The lowest BCUT2D eigenvalue weighted by Crippen LogP contribution is -2.16. The van der Waals surface area contributed by atoms with Gasteiger partial charge in [-0.3, -0.25) is 4.79 Å². The van der Waals surface area contributed by atoms with Crippen LogP contribution < -0.4 is 5.63 Å². The Kier molecular flexibility index (Phi) is 5.61. The molecule has 6 heteroatoms. The third-order valence-corrected chi connectivity index (χ3v) is 4.57. The fourth-order valence-corrected chi connectivity index (χ4v) is 3.26. The van der Waals surface area contributed by atoms with Crippen LogP contribution in [0, 0.1) is 11.7 Å². The molecule has 1 heterocycles. The Balaban J connectivity index is 2.03. The average molecular weight is 389 g/mol. The van der Waals surface area contributed by atoms with E-state index in [1.165, 1.54) is 24.3 Å². The number of hydrogen-bond donors (Lipinski definition) is 0. The molecule has 2 aromatic carbocycles. The van der Waals surface area contributed by atoms with E-state index in [4.69, 9.17) is 20.8 Å². The van der Waals surface area contributed by atoms with Crippen LogP contribution in [0.5, 0.6) is 0 Å². The Bertz CT molecular complexity index is 1060. The largest absolute Gasteiger partial charge is 0.466 e. The number of halogens is 2. The number of fused-ring (bicyclic) bond motifs is 1. The summed E-state index contributed by atoms with van der Waals surface area (Å²) in [5, 5.41) is 0.887. The maximum absolute atomic E-state index is 13.3. The summed E-state index contributed by atoms with van der Waals surface area (Å²) in [5.41, 5.74) is 1.80. The number of hydrogen-bond acceptors (Lipinski definition) is 4. The van der Waals surface area contributed by atoms with Crippen molar-refractivity contribution in [1.82, 2.24) is 0 Å². The van der Waals surface area contributed by atoms with Crippen molar-refractivity contribution >= 4 is 28.5 Å². The molecule has 0 fully saturated rings. The first-order chi connectivity index (χ1) is 12.9. The van der Waals surface area contributed by atoms with E-state index in [0.717, 1.165) is 5.56 Å². The monoisotopic (exact) mass is 388 g/mol. The number of carbonyl (C=O) groups excluding carboxylic acids is 1. The Hall–Kier alpha value is -2.66. The quantitative estimate of drug-likeness (QED) is 0.456. The highest BCUT2D eigenvalue weighted by Crippen LogP contribution is 2.33. The lowest BCUT2D eigenvalue weighted by molar-refractivity contribution is -0.147. The van der Waals surface area contributed by atoms with Crippen molar-refractivity contribution in [2.45, 2.75) is 20.3 Å². The summed E-state index contributed by atoms with van der Waals surface area (Å²) in [5.74, 6) is -1.04. The molecule has 3 aromatic rings. The van der Waals surface area contributed by atoms with Crippen LogP contribution in [-0.2, 0) is 16.0 Å². The van der Waals surface area contributed by atoms with Gasteiger partial charge in [0.15, 0.2) is 0 Å². The molecule has 0 amide bonds. The number of carbonyl (C=O) groups is 1. The van der Waals surface area contributed by atoms with Gasteiger partial charge < -0.3 is 9.15 Å². The van der Waals surface area contributed by atoms with Gasteiger partial charge in [0.2, 0.25) is 0 Å². The van der Waals surface area contributed by atoms with Crippen LogP contribution in [0.25, 0.3) is 22.1 Å². The van der Waals surface area contributed by atoms with Gasteiger partial charge in [-0.15, -0.1) is 0 Å². The van der Waals surface area contributed by atoms with Gasteiger partial charge in [0.25, 0.3) is 0 Å². The van der Waals surface area contributed by atoms with Crippen molar-refractivity contribution in [2.75, 3.05) is 6.61 Å². The zero-order chi connectivity index (χ0) is 19.6. The van der Waals surface area contributed by atoms with E-state index in [-0.39, 0.29) is 16.9 Å². The Labute approximate surface area is 160 Å². The molecule has 27 heavy (non-hydrogen) atoms. The SMILES string of the molecule is CCOC(=O)C(C)Cc1ccc2c(-c3ccc(F)cc3Cl)cc(=O)oc2c1. The van der Waals surface area contributed by atoms with E-state index in [1.807, 2.05) is 6.07 Å². The zero-order valence-corrected chi connectivity index (χ0v) is 15.7. The summed E-state index contributed by atoms with van der Waals surface area (Å²) in [6.07, 6.45) is 0.458. The lowest BCUT2D eigenvalue weighted by Gasteiger charge is -2.12. The topological polar surface area (TPSA) is 56.5 Å². The molecule has 3 rings (SSSR count). The number of esters is 1. The molecule has 1 atom stereocenters. The van der Waals surface area contributed by atoms with Crippen LogP contribution in [0.3, 0.4) is 0 Å². The maximum Gasteiger partial charge on any atom is 0.336 e. The summed E-state index contributed by atoms with van der Waals surface area (Å²) in [6.45, 7) is 3.88. The third-order valence-electron chi connectivity index (χ3n) is 4.26. The number of ether oxygens (including phenoxy) is 1. The van der Waals surface area contributed by atoms with Crippen molar-refractivity contribution in [1.29, 1.82) is 0 Å². The van der Waals surface area contributed by atoms with Gasteiger partial charge in [0, 0.05) is 22.6 Å². The number of benzene rings is 2. The smallest absolute Gasteiger partial charge is 0.336 e. The summed E-state index contributed by atoms with van der Waals surface area (Å²) in [6, 6.07) is 10.8. The van der Waals surface area contributed by atoms with Crippen LogP contribution in [0.1, 0.15) is 19.4 Å². The van der Waals surface area contributed by atoms with Crippen LogP contribution in [0.4, 0.5) is 4.39 Å². The summed E-state index contributed by atoms with van der Waals surface area (Å²) >= 11 is 6.16. The van der Waals surface area contributed by atoms with Crippen molar-refractivity contribution in [2.24, 2.45) is 5.92 Å². The lowest BCUT2D eigenvalue weighted by atomic mass is 9.97. The molecule has 0 saturated heterocycles. The molecule has 0 radical (unpaired) electrons. The van der Waals surface area contributed by atoms with Crippen LogP contribution in [0.2, 0.25) is 5.02 Å². The van der Waals surface area contributed by atoms with Crippen molar-refractivity contribution in [3.8, 4) is 11.1 Å². The van der Waals surface area contributed by atoms with Crippen molar-refractivity contribution in [3.05, 3.63) is 69.3 Å². The van der Waals surface area contributed by atoms with Crippen molar-refractivity contribution in [3.63, 3.8) is 0 Å². The van der Waals surface area contributed by atoms with E-state index in [1.54, 1.807) is 26.0 Å². The van der Waals surface area contributed by atoms with E-state index in [2.05, 4.69) is 0 Å². The number of rotatable bonds is 5. The highest BCUT2D eigenvalue weighted by atomic mass is 35.5. The second kappa shape index (κ2) is 7.92. The van der Waals surface area contributed by atoms with Gasteiger partial charge >= 0.3 is 11.6 Å². The zero-order valence-electron chi connectivity index (χ0n) is 14.9. The molecule has 0 aliphatic rings. The summed E-state index contributed by atoms with van der Waals surface area (Å²) in [7, 11) is 0. The van der Waals surface area contributed by atoms with E-state index in [0.29, 0.717) is 35.1 Å². The van der Waals surface area contributed by atoms with Crippen molar-refractivity contribution < 1.29 is 18.3 Å². The molecule has 0 bridgehead atoms. The van der Waals surface area contributed by atoms with Gasteiger partial charge in [0.1, 0.15) is 11.4 Å². The van der Waals surface area contributed by atoms with Crippen LogP contribution >= 0.6 is 11.6 Å². The molecule has 1 unspecified atom stereocenters. The predicted molar refractivity (Wildman–Crippen MR) is 102 cm³/mol. The minimum Gasteiger partial charge on any atom is -0.466 e. The van der Waals surface area contributed by atoms with E-state index in [9.17, 15) is 14.0 Å². The molecule has 4 nitrogen and oxygen atoms in total. The molecule has 0 aliphatic carbocycles. The van der Waals surface area contributed by atoms with Gasteiger partial charge in [-0.2, -0.15) is 0 Å². The molecule has 0 spiro atoms. The highest BCUT2D eigenvalue weighted by Gasteiger charge is 2.16. The van der Waals surface area contributed by atoms with Gasteiger partial charge in [-0.1, -0.05) is 30.7 Å². The van der Waals surface area contributed by atoms with Gasteiger partial charge in [-0.05, 0) is 43.2 Å². The first-order valence-corrected chi connectivity index (χ1v) is 8.95. The Morgan fingerprint density at radius 2 is 1.96 bits per heavy atom. The Morgan fingerprint density at radius 3 is 2.67 bits per heavy atom. The molecule has 0 saturated carbocycles. The molecule has 1 aromatic heterocycles. The average Bonchev–Trinajstić information content (AvgIpc) is 2.61. The molecule has 0 aliphatic heterocycles.